The molecule has 0 amide bonds. The van der Waals surface area contributed by atoms with Crippen LogP contribution in [0.15, 0.2) is 24.1 Å². The second-order valence-corrected chi connectivity index (χ2v) is 4.31. The van der Waals surface area contributed by atoms with Crippen LogP contribution in [-0.2, 0) is 0 Å². The zero-order chi connectivity index (χ0) is 11.1. The van der Waals surface area contributed by atoms with Crippen LogP contribution in [0.5, 0.6) is 5.75 Å². The lowest BCUT2D eigenvalue weighted by molar-refractivity contribution is 0.415. The fraction of sp³-hybridized carbons (Fsp3) is 0.500. The summed E-state index contributed by atoms with van der Waals surface area (Å²) in [5.74, 6) is 0.955. The highest BCUT2D eigenvalue weighted by atomic mass is 32.1. The summed E-state index contributed by atoms with van der Waals surface area (Å²) in [6.07, 6.45) is 4.11. The molecule has 0 aliphatic carbocycles. The summed E-state index contributed by atoms with van der Waals surface area (Å²) in [6, 6.07) is 2.54. The van der Waals surface area contributed by atoms with Crippen molar-refractivity contribution in [3.8, 4) is 5.75 Å². The van der Waals surface area contributed by atoms with Crippen LogP contribution in [-0.4, -0.2) is 13.7 Å². The van der Waals surface area contributed by atoms with Crippen molar-refractivity contribution in [1.82, 2.24) is 5.32 Å². The number of allylic oxidation sites excluding steroid dienone is 1. The summed E-state index contributed by atoms with van der Waals surface area (Å²) in [7, 11) is 1.71. The molecule has 15 heavy (non-hydrogen) atoms. The summed E-state index contributed by atoms with van der Waals surface area (Å²) < 4.78 is 5.19. The van der Waals surface area contributed by atoms with E-state index in [2.05, 4.69) is 24.9 Å². The molecule has 1 rings (SSSR count). The van der Waals surface area contributed by atoms with Gasteiger partial charge in [-0.1, -0.05) is 13.0 Å². The quantitative estimate of drug-likeness (QED) is 0.718. The zero-order valence-corrected chi connectivity index (χ0v) is 10.3. The number of hydrogen-bond acceptors (Lipinski definition) is 3. The van der Waals surface area contributed by atoms with E-state index in [9.17, 15) is 0 Å². The highest BCUT2D eigenvalue weighted by molar-refractivity contribution is 7.10. The van der Waals surface area contributed by atoms with Crippen molar-refractivity contribution < 1.29 is 4.74 Å². The molecule has 0 aliphatic heterocycles. The number of rotatable bonds is 7. The van der Waals surface area contributed by atoms with E-state index in [4.69, 9.17) is 4.74 Å². The minimum absolute atomic E-state index is 0.432. The topological polar surface area (TPSA) is 21.3 Å². The van der Waals surface area contributed by atoms with Crippen molar-refractivity contribution in [2.75, 3.05) is 13.7 Å². The number of nitrogens with one attached hydrogen (secondary N) is 1. The molecule has 84 valence electrons. The van der Waals surface area contributed by atoms with Gasteiger partial charge in [-0.25, -0.2) is 0 Å². The molecule has 2 nitrogen and oxygen atoms in total. The van der Waals surface area contributed by atoms with Crippen molar-refractivity contribution in [2.45, 2.75) is 25.8 Å². The SMILES string of the molecule is C=CCCC(NCC)c1cc(OC)cs1. The van der Waals surface area contributed by atoms with Gasteiger partial charge in [0.1, 0.15) is 5.75 Å². The van der Waals surface area contributed by atoms with Crippen LogP contribution < -0.4 is 10.1 Å². The number of methoxy groups -OCH3 is 1. The maximum absolute atomic E-state index is 5.19. The molecule has 3 heteroatoms. The Bertz CT molecular complexity index is 296. The van der Waals surface area contributed by atoms with Crippen LogP contribution in [0.1, 0.15) is 30.7 Å². The Balaban J connectivity index is 2.64. The molecular formula is C12H19NOS. The third-order valence-corrected chi connectivity index (χ3v) is 3.31. The molecule has 0 saturated carbocycles. The van der Waals surface area contributed by atoms with E-state index < -0.39 is 0 Å². The van der Waals surface area contributed by atoms with Gasteiger partial charge in [-0.05, 0) is 25.5 Å². The lowest BCUT2D eigenvalue weighted by Crippen LogP contribution is -2.19. The first-order valence-corrected chi connectivity index (χ1v) is 6.16. The van der Waals surface area contributed by atoms with E-state index in [1.54, 1.807) is 18.4 Å². The Morgan fingerprint density at radius 1 is 1.67 bits per heavy atom. The summed E-state index contributed by atoms with van der Waals surface area (Å²) in [5.41, 5.74) is 0. The predicted octanol–water partition coefficient (Wildman–Crippen LogP) is 3.37. The molecule has 0 saturated heterocycles. The van der Waals surface area contributed by atoms with Crippen LogP contribution in [0.2, 0.25) is 0 Å². The normalized spacial score (nSPS) is 12.4. The first-order chi connectivity index (χ1) is 7.31. The van der Waals surface area contributed by atoms with Gasteiger partial charge in [0.15, 0.2) is 0 Å². The van der Waals surface area contributed by atoms with Crippen LogP contribution in [0.4, 0.5) is 0 Å². The van der Waals surface area contributed by atoms with Gasteiger partial charge in [0, 0.05) is 16.3 Å². The second-order valence-electron chi connectivity index (χ2n) is 3.37. The molecule has 1 N–H and O–H groups in total. The van der Waals surface area contributed by atoms with Crippen molar-refractivity contribution in [1.29, 1.82) is 0 Å². The fourth-order valence-corrected chi connectivity index (χ4v) is 2.47. The lowest BCUT2D eigenvalue weighted by Gasteiger charge is -2.14. The highest BCUT2D eigenvalue weighted by Gasteiger charge is 2.11. The lowest BCUT2D eigenvalue weighted by atomic mass is 10.1. The van der Waals surface area contributed by atoms with E-state index in [1.165, 1.54) is 4.88 Å². The summed E-state index contributed by atoms with van der Waals surface area (Å²) >= 11 is 1.75. The van der Waals surface area contributed by atoms with Gasteiger partial charge in [-0.2, -0.15) is 0 Å². The van der Waals surface area contributed by atoms with E-state index >= 15 is 0 Å². The Kier molecular flexibility index (Phi) is 5.43. The van der Waals surface area contributed by atoms with Crippen LogP contribution in [0.25, 0.3) is 0 Å². The molecule has 0 fully saturated rings. The summed E-state index contributed by atoms with van der Waals surface area (Å²) in [6.45, 7) is 6.88. The highest BCUT2D eigenvalue weighted by Crippen LogP contribution is 2.29. The Morgan fingerprint density at radius 2 is 2.47 bits per heavy atom. The van der Waals surface area contributed by atoms with Crippen molar-refractivity contribution in [3.05, 3.63) is 29.0 Å². The van der Waals surface area contributed by atoms with Crippen molar-refractivity contribution in [2.24, 2.45) is 0 Å². The molecule has 1 aromatic rings. The van der Waals surface area contributed by atoms with Gasteiger partial charge in [0.2, 0.25) is 0 Å². The van der Waals surface area contributed by atoms with Crippen LogP contribution >= 0.6 is 11.3 Å². The van der Waals surface area contributed by atoms with Gasteiger partial charge in [-0.15, -0.1) is 17.9 Å². The maximum atomic E-state index is 5.19. The van der Waals surface area contributed by atoms with E-state index in [0.717, 1.165) is 25.1 Å². The zero-order valence-electron chi connectivity index (χ0n) is 9.45. The van der Waals surface area contributed by atoms with Gasteiger partial charge in [-0.3, -0.25) is 0 Å². The van der Waals surface area contributed by atoms with Gasteiger partial charge in [0.25, 0.3) is 0 Å². The molecular weight excluding hydrogens is 206 g/mol. The smallest absolute Gasteiger partial charge is 0.129 e. The summed E-state index contributed by atoms with van der Waals surface area (Å²) in [4.78, 5) is 1.34. The Labute approximate surface area is 96.0 Å². The molecule has 0 spiro atoms. The average molecular weight is 225 g/mol. The average Bonchev–Trinajstić information content (AvgIpc) is 2.72. The molecule has 0 aromatic carbocycles. The molecule has 1 aromatic heterocycles. The molecule has 1 heterocycles. The standard InChI is InChI=1S/C12H19NOS/c1-4-6-7-11(13-5-2)12-8-10(14-3)9-15-12/h4,8-9,11,13H,1,5-7H2,2-3H3. The van der Waals surface area contributed by atoms with Gasteiger partial charge < -0.3 is 10.1 Å². The monoisotopic (exact) mass is 225 g/mol. The van der Waals surface area contributed by atoms with Crippen molar-refractivity contribution in [3.63, 3.8) is 0 Å². The van der Waals surface area contributed by atoms with E-state index in [0.29, 0.717) is 6.04 Å². The van der Waals surface area contributed by atoms with E-state index in [1.807, 2.05) is 11.5 Å². The number of hydrogen-bond donors (Lipinski definition) is 1. The fourth-order valence-electron chi connectivity index (χ4n) is 1.50. The molecule has 0 aliphatic rings. The summed E-state index contributed by atoms with van der Waals surface area (Å²) in [5, 5.41) is 5.53. The third kappa shape index (κ3) is 3.68. The molecule has 0 bridgehead atoms. The first kappa shape index (κ1) is 12.3. The minimum atomic E-state index is 0.432. The van der Waals surface area contributed by atoms with Crippen LogP contribution in [0, 0.1) is 0 Å². The van der Waals surface area contributed by atoms with Gasteiger partial charge in [0.05, 0.1) is 7.11 Å². The van der Waals surface area contributed by atoms with E-state index in [-0.39, 0.29) is 0 Å². The Hall–Kier alpha value is -0.800. The largest absolute Gasteiger partial charge is 0.496 e. The van der Waals surface area contributed by atoms with Gasteiger partial charge >= 0.3 is 0 Å². The second kappa shape index (κ2) is 6.64. The third-order valence-electron chi connectivity index (χ3n) is 2.28. The number of thiophene rings is 1. The minimum Gasteiger partial charge on any atom is -0.496 e. The first-order valence-electron chi connectivity index (χ1n) is 5.28. The Morgan fingerprint density at radius 3 is 3.00 bits per heavy atom. The number of ether oxygens (including phenoxy) is 1. The molecule has 1 unspecified atom stereocenters. The predicted molar refractivity (Wildman–Crippen MR) is 66.7 cm³/mol. The molecule has 1 atom stereocenters. The van der Waals surface area contributed by atoms with Crippen molar-refractivity contribution >= 4 is 11.3 Å². The maximum Gasteiger partial charge on any atom is 0.129 e. The van der Waals surface area contributed by atoms with Crippen LogP contribution in [0.3, 0.4) is 0 Å². The molecule has 0 radical (unpaired) electrons.